The molecule has 1 aliphatic heterocycles. The number of benzene rings is 2. The monoisotopic (exact) mass is 486 g/mol. The molecule has 8 nitrogen and oxygen atoms in total. The van der Waals surface area contributed by atoms with Crippen molar-refractivity contribution in [2.45, 2.75) is 11.6 Å². The zero-order chi connectivity index (χ0) is 23.2. The molecule has 1 aliphatic rings. The van der Waals surface area contributed by atoms with Gasteiger partial charge in [-0.2, -0.15) is 0 Å². The first-order valence-electron chi connectivity index (χ1n) is 10.4. The second-order valence-electron chi connectivity index (χ2n) is 7.46. The molecular formula is C23H23ClN4O4S. The predicted octanol–water partition coefficient (Wildman–Crippen LogP) is 3.40. The first-order chi connectivity index (χ1) is 16.0. The molecule has 172 valence electrons. The highest BCUT2D eigenvalue weighted by molar-refractivity contribution is 7.99. The third-order valence-electron chi connectivity index (χ3n) is 5.29. The fourth-order valence-corrected chi connectivity index (χ4v) is 4.26. The number of hydrogen-bond donors (Lipinski definition) is 0. The molecule has 2 heterocycles. The van der Waals surface area contributed by atoms with Crippen LogP contribution in [0.5, 0.6) is 5.75 Å². The van der Waals surface area contributed by atoms with E-state index in [1.807, 2.05) is 24.3 Å². The van der Waals surface area contributed by atoms with Gasteiger partial charge < -0.3 is 19.0 Å². The van der Waals surface area contributed by atoms with Crippen LogP contribution in [-0.2, 0) is 16.0 Å². The van der Waals surface area contributed by atoms with Crippen LogP contribution >= 0.6 is 23.4 Å². The number of carbonyl (C=O) groups excluding carboxylic acids is 2. The van der Waals surface area contributed by atoms with Gasteiger partial charge in [-0.25, -0.2) is 0 Å². The van der Waals surface area contributed by atoms with Crippen molar-refractivity contribution in [3.05, 3.63) is 59.1 Å². The number of methoxy groups -OCH3 is 1. The van der Waals surface area contributed by atoms with Crippen molar-refractivity contribution in [1.29, 1.82) is 0 Å². The average molecular weight is 487 g/mol. The van der Waals surface area contributed by atoms with Crippen molar-refractivity contribution in [2.24, 2.45) is 0 Å². The van der Waals surface area contributed by atoms with Gasteiger partial charge in [0.25, 0.3) is 5.22 Å². The third kappa shape index (κ3) is 6.06. The van der Waals surface area contributed by atoms with E-state index in [-0.39, 0.29) is 17.6 Å². The van der Waals surface area contributed by atoms with Crippen LogP contribution in [0.15, 0.2) is 58.2 Å². The van der Waals surface area contributed by atoms with Gasteiger partial charge in [0.2, 0.25) is 17.7 Å². The van der Waals surface area contributed by atoms with E-state index in [9.17, 15) is 9.59 Å². The summed E-state index contributed by atoms with van der Waals surface area (Å²) in [7, 11) is 1.60. The van der Waals surface area contributed by atoms with Gasteiger partial charge in [-0.15, -0.1) is 10.2 Å². The molecule has 3 aromatic rings. The number of nitrogens with zero attached hydrogens (tertiary/aromatic N) is 4. The molecule has 0 unspecified atom stereocenters. The number of ether oxygens (including phenoxy) is 1. The number of aromatic nitrogens is 2. The summed E-state index contributed by atoms with van der Waals surface area (Å²) in [5, 5.41) is 8.98. The Labute approximate surface area is 200 Å². The molecule has 33 heavy (non-hydrogen) atoms. The second-order valence-corrected chi connectivity index (χ2v) is 8.82. The lowest BCUT2D eigenvalue weighted by Gasteiger charge is -2.34. The SMILES string of the molecule is COc1cccc(CC(=O)N2CCN(C(=O)CSc3nnc(-c4ccc(Cl)cc4)o3)CC2)c1. The van der Waals surface area contributed by atoms with Gasteiger partial charge in [0.1, 0.15) is 5.75 Å². The minimum absolute atomic E-state index is 0.0221. The van der Waals surface area contributed by atoms with E-state index in [0.29, 0.717) is 48.7 Å². The van der Waals surface area contributed by atoms with Crippen LogP contribution in [0, 0.1) is 0 Å². The van der Waals surface area contributed by atoms with Gasteiger partial charge >= 0.3 is 0 Å². The topological polar surface area (TPSA) is 88.8 Å². The number of hydrogen-bond acceptors (Lipinski definition) is 7. The molecule has 4 rings (SSSR count). The number of carbonyl (C=O) groups is 2. The zero-order valence-electron chi connectivity index (χ0n) is 18.1. The van der Waals surface area contributed by atoms with Crippen molar-refractivity contribution in [3.8, 4) is 17.2 Å². The van der Waals surface area contributed by atoms with E-state index < -0.39 is 0 Å². The quantitative estimate of drug-likeness (QED) is 0.473. The maximum atomic E-state index is 12.6. The zero-order valence-corrected chi connectivity index (χ0v) is 19.6. The number of thioether (sulfide) groups is 1. The molecule has 10 heteroatoms. The Bertz CT molecular complexity index is 1110. The Kier molecular flexibility index (Phi) is 7.51. The van der Waals surface area contributed by atoms with Gasteiger partial charge in [0.15, 0.2) is 0 Å². The third-order valence-corrected chi connectivity index (χ3v) is 6.35. The summed E-state index contributed by atoms with van der Waals surface area (Å²) >= 11 is 7.10. The largest absolute Gasteiger partial charge is 0.497 e. The van der Waals surface area contributed by atoms with E-state index in [0.717, 1.165) is 16.9 Å². The molecule has 0 saturated carbocycles. The smallest absolute Gasteiger partial charge is 0.277 e. The summed E-state index contributed by atoms with van der Waals surface area (Å²) in [6.07, 6.45) is 0.314. The second kappa shape index (κ2) is 10.7. The van der Waals surface area contributed by atoms with E-state index in [2.05, 4.69) is 10.2 Å². The predicted molar refractivity (Wildman–Crippen MR) is 125 cm³/mol. The fourth-order valence-electron chi connectivity index (χ4n) is 3.47. The number of halogens is 1. The maximum Gasteiger partial charge on any atom is 0.277 e. The summed E-state index contributed by atoms with van der Waals surface area (Å²) in [6, 6.07) is 14.6. The summed E-state index contributed by atoms with van der Waals surface area (Å²) in [6.45, 7) is 2.03. The lowest BCUT2D eigenvalue weighted by molar-refractivity contribution is -0.137. The molecule has 0 aliphatic carbocycles. The molecule has 2 aromatic carbocycles. The first kappa shape index (κ1) is 23.1. The highest BCUT2D eigenvalue weighted by Gasteiger charge is 2.24. The van der Waals surface area contributed by atoms with E-state index in [4.69, 9.17) is 20.8 Å². The lowest BCUT2D eigenvalue weighted by Crippen LogP contribution is -2.51. The molecule has 0 spiro atoms. The molecule has 0 atom stereocenters. The van der Waals surface area contributed by atoms with E-state index >= 15 is 0 Å². The Morgan fingerprint density at radius 3 is 2.42 bits per heavy atom. The van der Waals surface area contributed by atoms with Crippen LogP contribution in [0.25, 0.3) is 11.5 Å². The van der Waals surface area contributed by atoms with Crippen molar-refractivity contribution in [1.82, 2.24) is 20.0 Å². The van der Waals surface area contributed by atoms with Crippen LogP contribution in [0.3, 0.4) is 0 Å². The fraction of sp³-hybridized carbons (Fsp3) is 0.304. The van der Waals surface area contributed by atoms with E-state index in [1.54, 1.807) is 41.2 Å². The Morgan fingerprint density at radius 2 is 1.73 bits per heavy atom. The van der Waals surface area contributed by atoms with Gasteiger partial charge in [-0.3, -0.25) is 9.59 Å². The van der Waals surface area contributed by atoms with Crippen LogP contribution < -0.4 is 4.74 Å². The summed E-state index contributed by atoms with van der Waals surface area (Å²) in [5.74, 6) is 1.33. The molecule has 1 aromatic heterocycles. The summed E-state index contributed by atoms with van der Waals surface area (Å²) in [4.78, 5) is 28.8. The van der Waals surface area contributed by atoms with Gasteiger partial charge in [0.05, 0.1) is 19.3 Å². The van der Waals surface area contributed by atoms with Crippen LogP contribution in [-0.4, -0.2) is 70.9 Å². The first-order valence-corrected chi connectivity index (χ1v) is 11.8. The summed E-state index contributed by atoms with van der Waals surface area (Å²) in [5.41, 5.74) is 1.67. The number of piperazine rings is 1. The van der Waals surface area contributed by atoms with Crippen molar-refractivity contribution in [2.75, 3.05) is 39.0 Å². The molecule has 1 saturated heterocycles. The Morgan fingerprint density at radius 1 is 1.03 bits per heavy atom. The molecule has 2 amide bonds. The van der Waals surface area contributed by atoms with Crippen LogP contribution in [0.2, 0.25) is 5.02 Å². The Balaban J connectivity index is 1.23. The van der Waals surface area contributed by atoms with Crippen LogP contribution in [0.4, 0.5) is 0 Å². The minimum Gasteiger partial charge on any atom is -0.497 e. The molecule has 1 fully saturated rings. The van der Waals surface area contributed by atoms with Gasteiger partial charge in [-0.1, -0.05) is 35.5 Å². The number of rotatable bonds is 7. The number of amides is 2. The standard InChI is InChI=1S/C23H23ClN4O4S/c1-31-19-4-2-3-16(13-19)14-20(29)27-9-11-28(12-10-27)21(30)15-33-23-26-25-22(32-23)17-5-7-18(24)8-6-17/h2-8,13H,9-12,14-15H2,1H3. The van der Waals surface area contributed by atoms with Crippen LogP contribution in [0.1, 0.15) is 5.56 Å². The molecule has 0 N–H and O–H groups in total. The van der Waals surface area contributed by atoms with Crippen molar-refractivity contribution in [3.63, 3.8) is 0 Å². The average Bonchev–Trinajstić information content (AvgIpc) is 3.32. The van der Waals surface area contributed by atoms with Gasteiger partial charge in [-0.05, 0) is 42.0 Å². The molecule has 0 bridgehead atoms. The highest BCUT2D eigenvalue weighted by atomic mass is 35.5. The normalized spacial score (nSPS) is 13.8. The molecular weight excluding hydrogens is 464 g/mol. The van der Waals surface area contributed by atoms with Gasteiger partial charge in [0, 0.05) is 36.8 Å². The van der Waals surface area contributed by atoms with Crippen molar-refractivity contribution >= 4 is 35.2 Å². The molecule has 0 radical (unpaired) electrons. The lowest BCUT2D eigenvalue weighted by atomic mass is 10.1. The highest BCUT2D eigenvalue weighted by Crippen LogP contribution is 2.24. The minimum atomic E-state index is -0.0221. The Hall–Kier alpha value is -3.04. The van der Waals surface area contributed by atoms with Crippen molar-refractivity contribution < 1.29 is 18.7 Å². The maximum absolute atomic E-state index is 12.6. The van der Waals surface area contributed by atoms with E-state index in [1.165, 1.54) is 11.8 Å². The summed E-state index contributed by atoms with van der Waals surface area (Å²) < 4.78 is 10.8.